The van der Waals surface area contributed by atoms with Gasteiger partial charge in [0.25, 0.3) is 5.16 Å². The second-order valence-electron chi connectivity index (χ2n) is 8.50. The summed E-state index contributed by atoms with van der Waals surface area (Å²) >= 11 is 5.90. The Kier molecular flexibility index (Phi) is 6.56. The van der Waals surface area contributed by atoms with Crippen LogP contribution < -0.4 is 0 Å². The van der Waals surface area contributed by atoms with Gasteiger partial charge in [-0.15, -0.1) is 5.10 Å². The molecule has 12 heteroatoms. The molecule has 0 bridgehead atoms. The Balaban J connectivity index is 1.70. The molecule has 1 aliphatic carbocycles. The van der Waals surface area contributed by atoms with Crippen LogP contribution in [-0.4, -0.2) is 37.4 Å². The summed E-state index contributed by atoms with van der Waals surface area (Å²) in [7, 11) is -6.43. The quantitative estimate of drug-likeness (QED) is 0.477. The van der Waals surface area contributed by atoms with E-state index in [1.54, 1.807) is 7.05 Å². The maximum atomic E-state index is 14.9. The minimum absolute atomic E-state index is 0.0654. The number of rotatable bonds is 6. The van der Waals surface area contributed by atoms with Crippen molar-refractivity contribution < 1.29 is 25.6 Å². The average molecular weight is 530 g/mol. The van der Waals surface area contributed by atoms with E-state index in [2.05, 4.69) is 10.1 Å². The number of aryl methyl sites for hydroxylation is 1. The van der Waals surface area contributed by atoms with Gasteiger partial charge >= 0.3 is 0 Å². The van der Waals surface area contributed by atoms with Crippen molar-refractivity contribution in [2.24, 2.45) is 13.0 Å². The minimum Gasteiger partial charge on any atom is -0.255 e. The van der Waals surface area contributed by atoms with Gasteiger partial charge in [0.1, 0.15) is 22.7 Å². The summed E-state index contributed by atoms with van der Waals surface area (Å²) in [5.41, 5.74) is -0.254. The zero-order chi connectivity index (χ0) is 24.7. The Hall–Kier alpha value is -2.37. The lowest BCUT2D eigenvalue weighted by Gasteiger charge is -2.40. The van der Waals surface area contributed by atoms with E-state index < -0.39 is 36.1 Å². The van der Waals surface area contributed by atoms with Crippen molar-refractivity contribution in [1.29, 1.82) is 0 Å². The summed E-state index contributed by atoms with van der Waals surface area (Å²) < 4.78 is 81.7. The zero-order valence-corrected chi connectivity index (χ0v) is 20.5. The maximum Gasteiger partial charge on any atom is 0.266 e. The lowest BCUT2D eigenvalue weighted by atomic mass is 9.78. The molecule has 0 saturated heterocycles. The Morgan fingerprint density at radius 2 is 1.71 bits per heavy atom. The monoisotopic (exact) mass is 529 g/mol. The molecular weight excluding hydrogens is 508 g/mol. The van der Waals surface area contributed by atoms with E-state index in [9.17, 15) is 25.6 Å². The van der Waals surface area contributed by atoms with Gasteiger partial charge in [0.2, 0.25) is 9.84 Å². The first-order chi connectivity index (χ1) is 15.9. The van der Waals surface area contributed by atoms with Crippen LogP contribution in [0.1, 0.15) is 31.2 Å². The van der Waals surface area contributed by atoms with Gasteiger partial charge in [-0.1, -0.05) is 11.6 Å². The normalized spacial score (nSPS) is 21.5. The fraction of sp³-hybridized carbons (Fsp3) is 0.364. The molecule has 4 rings (SSSR count). The van der Waals surface area contributed by atoms with Crippen molar-refractivity contribution in [3.63, 3.8) is 0 Å². The molecule has 1 aromatic heterocycles. The van der Waals surface area contributed by atoms with E-state index >= 15 is 0 Å². The third kappa shape index (κ3) is 4.48. The Morgan fingerprint density at radius 3 is 2.29 bits per heavy atom. The van der Waals surface area contributed by atoms with Gasteiger partial charge in [0.05, 0.1) is 10.6 Å². The van der Waals surface area contributed by atoms with Gasteiger partial charge in [-0.2, -0.15) is 0 Å². The molecule has 0 amide bonds. The van der Waals surface area contributed by atoms with E-state index in [1.165, 1.54) is 35.3 Å². The number of hydrogen-bond donors (Lipinski definition) is 0. The minimum atomic E-state index is -4.19. The molecule has 1 heterocycles. The van der Waals surface area contributed by atoms with Gasteiger partial charge in [-0.05, 0) is 74.1 Å². The van der Waals surface area contributed by atoms with Crippen molar-refractivity contribution >= 4 is 31.3 Å². The lowest BCUT2D eigenvalue weighted by Crippen LogP contribution is -2.41. The number of hydrogen-bond acceptors (Lipinski definition) is 6. The van der Waals surface area contributed by atoms with Crippen molar-refractivity contribution in [1.82, 2.24) is 14.8 Å². The molecule has 0 atom stereocenters. The molecule has 3 aromatic rings. The smallest absolute Gasteiger partial charge is 0.255 e. The standard InChI is InChI=1S/C22H22ClF2N3O4S2/c1-28-14-26-21(27-28)33(29,30)13-15-8-10-22(11-9-15,19-12-17(24)4-7-20(19)25)34(31,32)18-5-2-16(23)3-6-18/h2-7,12,14-15H,8-11,13H2,1H3. The number of sulfone groups is 2. The highest BCUT2D eigenvalue weighted by atomic mass is 35.5. The third-order valence-electron chi connectivity index (χ3n) is 6.28. The van der Waals surface area contributed by atoms with Crippen LogP contribution in [0.5, 0.6) is 0 Å². The zero-order valence-electron chi connectivity index (χ0n) is 18.2. The molecule has 0 radical (unpaired) electrons. The van der Waals surface area contributed by atoms with Crippen LogP contribution in [0.15, 0.2) is 58.8 Å². The molecule has 7 nitrogen and oxygen atoms in total. The summed E-state index contributed by atoms with van der Waals surface area (Å²) in [6.07, 6.45) is 1.48. The van der Waals surface area contributed by atoms with Gasteiger partial charge < -0.3 is 0 Å². The summed E-state index contributed by atoms with van der Waals surface area (Å²) in [6, 6.07) is 8.26. The molecule has 182 valence electrons. The van der Waals surface area contributed by atoms with Crippen LogP contribution in [0.4, 0.5) is 8.78 Å². The first-order valence-electron chi connectivity index (χ1n) is 10.5. The predicted octanol–water partition coefficient (Wildman–Crippen LogP) is 4.08. The Morgan fingerprint density at radius 1 is 1.06 bits per heavy atom. The summed E-state index contributed by atoms with van der Waals surface area (Å²) in [5.74, 6) is -2.24. The van der Waals surface area contributed by atoms with Gasteiger partial charge in [-0.25, -0.2) is 30.6 Å². The fourth-order valence-electron chi connectivity index (χ4n) is 4.53. The molecule has 1 fully saturated rings. The number of benzene rings is 2. The Labute approximate surface area is 201 Å². The average Bonchev–Trinajstić information content (AvgIpc) is 3.23. The second kappa shape index (κ2) is 9.01. The van der Waals surface area contributed by atoms with E-state index in [1.807, 2.05) is 0 Å². The molecule has 34 heavy (non-hydrogen) atoms. The van der Waals surface area contributed by atoms with Crippen LogP contribution in [0.2, 0.25) is 5.02 Å². The SMILES string of the molecule is Cn1cnc(S(=O)(=O)CC2CCC(c3cc(F)ccc3F)(S(=O)(=O)c3ccc(Cl)cc3)CC2)n1. The Bertz CT molecular complexity index is 1420. The van der Waals surface area contributed by atoms with E-state index in [4.69, 9.17) is 11.6 Å². The van der Waals surface area contributed by atoms with Crippen molar-refractivity contribution in [2.45, 2.75) is 40.5 Å². The van der Waals surface area contributed by atoms with Crippen LogP contribution in [-0.2, 0) is 31.5 Å². The van der Waals surface area contributed by atoms with E-state index in [-0.39, 0.29) is 53.0 Å². The second-order valence-corrected chi connectivity index (χ2v) is 13.1. The van der Waals surface area contributed by atoms with Crippen LogP contribution >= 0.6 is 11.6 Å². The third-order valence-corrected chi connectivity index (χ3v) is 10.7. The highest BCUT2D eigenvalue weighted by Gasteiger charge is 2.50. The van der Waals surface area contributed by atoms with Crippen LogP contribution in [0.25, 0.3) is 0 Å². The van der Waals surface area contributed by atoms with Crippen molar-refractivity contribution in [2.75, 3.05) is 5.75 Å². The first-order valence-corrected chi connectivity index (χ1v) is 14.0. The fourth-order valence-corrected chi connectivity index (χ4v) is 8.38. The molecule has 0 N–H and O–H groups in total. The van der Waals surface area contributed by atoms with Crippen LogP contribution in [0.3, 0.4) is 0 Å². The first kappa shape index (κ1) is 24.7. The highest BCUT2D eigenvalue weighted by molar-refractivity contribution is 7.92. The summed E-state index contributed by atoms with van der Waals surface area (Å²) in [4.78, 5) is 3.74. The molecule has 1 saturated carbocycles. The topological polar surface area (TPSA) is 99.0 Å². The van der Waals surface area contributed by atoms with E-state index in [0.29, 0.717) is 5.02 Å². The van der Waals surface area contributed by atoms with Gasteiger partial charge in [0.15, 0.2) is 9.84 Å². The largest absolute Gasteiger partial charge is 0.266 e. The number of halogens is 3. The highest BCUT2D eigenvalue weighted by Crippen LogP contribution is 2.49. The molecular formula is C22H22ClF2N3O4S2. The molecule has 0 spiro atoms. The lowest BCUT2D eigenvalue weighted by molar-refractivity contribution is 0.303. The summed E-state index contributed by atoms with van der Waals surface area (Å²) in [6.45, 7) is 0. The van der Waals surface area contributed by atoms with Gasteiger partial charge in [0, 0.05) is 17.6 Å². The summed E-state index contributed by atoms with van der Waals surface area (Å²) in [5, 5.41) is 3.89. The number of aromatic nitrogens is 3. The van der Waals surface area contributed by atoms with Gasteiger partial charge in [-0.3, -0.25) is 4.68 Å². The van der Waals surface area contributed by atoms with Crippen molar-refractivity contribution in [3.8, 4) is 0 Å². The number of nitrogens with zero attached hydrogens (tertiary/aromatic N) is 3. The van der Waals surface area contributed by atoms with Crippen LogP contribution in [0, 0.1) is 17.6 Å². The van der Waals surface area contributed by atoms with E-state index in [0.717, 1.165) is 18.2 Å². The van der Waals surface area contributed by atoms with Crippen molar-refractivity contribution in [3.05, 3.63) is 71.0 Å². The maximum absolute atomic E-state index is 14.9. The molecule has 0 aliphatic heterocycles. The predicted molar refractivity (Wildman–Crippen MR) is 122 cm³/mol. The molecule has 0 unspecified atom stereocenters. The molecule has 2 aromatic carbocycles. The molecule has 1 aliphatic rings.